The van der Waals surface area contributed by atoms with Crippen LogP contribution in [0.1, 0.15) is 30.7 Å². The standard InChI is InChI=1S/C16H16F2N2O4/c17-11-5-9(20-4-3-8(7-20)16(23)24)6-12(18)14(11)10-1-2-13(21)19-15(10)22/h5-6,8,10H,1-4,7H2,(H,23,24)(H,19,21,22)/t8?,10-/m0/s1. The molecule has 8 heteroatoms. The third-order valence-electron chi connectivity index (χ3n) is 4.55. The lowest BCUT2D eigenvalue weighted by Crippen LogP contribution is -2.40. The zero-order valence-electron chi connectivity index (χ0n) is 12.7. The quantitative estimate of drug-likeness (QED) is 0.814. The summed E-state index contributed by atoms with van der Waals surface area (Å²) in [5.41, 5.74) is -0.0949. The van der Waals surface area contributed by atoms with Crippen molar-refractivity contribution in [3.63, 3.8) is 0 Å². The Kier molecular flexibility index (Phi) is 4.21. The largest absolute Gasteiger partial charge is 0.481 e. The van der Waals surface area contributed by atoms with Crippen molar-refractivity contribution in [3.8, 4) is 0 Å². The maximum absolute atomic E-state index is 14.4. The van der Waals surface area contributed by atoms with Gasteiger partial charge in [0.2, 0.25) is 11.8 Å². The summed E-state index contributed by atoms with van der Waals surface area (Å²) in [6.07, 6.45) is 0.500. The number of aliphatic carboxylic acids is 1. The number of carbonyl (C=O) groups excluding carboxylic acids is 2. The van der Waals surface area contributed by atoms with Crippen molar-refractivity contribution < 1.29 is 28.3 Å². The lowest BCUT2D eigenvalue weighted by molar-refractivity contribution is -0.141. The molecule has 2 saturated heterocycles. The Bertz CT molecular complexity index is 699. The number of rotatable bonds is 3. The van der Waals surface area contributed by atoms with Gasteiger partial charge in [0.05, 0.1) is 11.8 Å². The number of carboxylic acids is 1. The Morgan fingerprint density at radius 1 is 1.21 bits per heavy atom. The molecule has 2 N–H and O–H groups in total. The van der Waals surface area contributed by atoms with Gasteiger partial charge in [-0.15, -0.1) is 0 Å². The van der Waals surface area contributed by atoms with Gasteiger partial charge in [-0.1, -0.05) is 0 Å². The summed E-state index contributed by atoms with van der Waals surface area (Å²) in [5, 5.41) is 11.1. The van der Waals surface area contributed by atoms with Crippen LogP contribution in [0.4, 0.5) is 14.5 Å². The zero-order valence-corrected chi connectivity index (χ0v) is 12.7. The van der Waals surface area contributed by atoms with Crippen molar-refractivity contribution in [2.45, 2.75) is 25.2 Å². The number of piperidine rings is 1. The van der Waals surface area contributed by atoms with Crippen molar-refractivity contribution in [1.82, 2.24) is 5.32 Å². The number of halogens is 2. The maximum atomic E-state index is 14.4. The lowest BCUT2D eigenvalue weighted by Gasteiger charge is -2.24. The molecule has 2 amide bonds. The molecule has 2 atom stereocenters. The van der Waals surface area contributed by atoms with E-state index in [0.717, 1.165) is 12.1 Å². The number of anilines is 1. The van der Waals surface area contributed by atoms with Gasteiger partial charge in [0.15, 0.2) is 0 Å². The molecule has 0 bridgehead atoms. The van der Waals surface area contributed by atoms with E-state index in [-0.39, 0.29) is 30.6 Å². The highest BCUT2D eigenvalue weighted by atomic mass is 19.1. The first-order valence-corrected chi connectivity index (χ1v) is 7.67. The first kappa shape index (κ1) is 16.4. The molecule has 1 aromatic rings. The van der Waals surface area contributed by atoms with Gasteiger partial charge in [0.1, 0.15) is 11.6 Å². The minimum absolute atomic E-state index is 0.0312. The molecule has 6 nitrogen and oxygen atoms in total. The van der Waals surface area contributed by atoms with Gasteiger partial charge in [-0.2, -0.15) is 0 Å². The van der Waals surface area contributed by atoms with Gasteiger partial charge in [-0.25, -0.2) is 8.78 Å². The van der Waals surface area contributed by atoms with E-state index in [1.807, 2.05) is 0 Å². The Morgan fingerprint density at radius 2 is 1.88 bits per heavy atom. The van der Waals surface area contributed by atoms with E-state index in [0.29, 0.717) is 13.0 Å². The average Bonchev–Trinajstić information content (AvgIpc) is 2.98. The normalized spacial score (nSPS) is 24.2. The van der Waals surface area contributed by atoms with E-state index in [4.69, 9.17) is 5.11 Å². The topological polar surface area (TPSA) is 86.7 Å². The molecule has 0 aromatic heterocycles. The number of hydrogen-bond acceptors (Lipinski definition) is 4. The molecule has 2 aliphatic heterocycles. The number of nitrogens with zero attached hydrogens (tertiary/aromatic N) is 1. The summed E-state index contributed by atoms with van der Waals surface area (Å²) < 4.78 is 28.9. The van der Waals surface area contributed by atoms with Crippen LogP contribution in [0.15, 0.2) is 12.1 Å². The molecular weight excluding hydrogens is 322 g/mol. The SMILES string of the molecule is O=C1CC[C@@H](c2c(F)cc(N3CCC(C(=O)O)C3)cc2F)C(=O)N1. The van der Waals surface area contributed by atoms with Crippen LogP contribution >= 0.6 is 0 Å². The van der Waals surface area contributed by atoms with Crippen molar-refractivity contribution in [1.29, 1.82) is 0 Å². The van der Waals surface area contributed by atoms with E-state index in [1.165, 1.54) is 0 Å². The number of carbonyl (C=O) groups is 3. The van der Waals surface area contributed by atoms with Crippen molar-refractivity contribution >= 4 is 23.5 Å². The van der Waals surface area contributed by atoms with E-state index >= 15 is 0 Å². The molecule has 0 radical (unpaired) electrons. The second-order valence-corrected chi connectivity index (χ2v) is 6.10. The molecule has 3 rings (SSSR count). The second-order valence-electron chi connectivity index (χ2n) is 6.10. The molecule has 1 unspecified atom stereocenters. The summed E-state index contributed by atoms with van der Waals surface area (Å²) in [4.78, 5) is 35.6. The fourth-order valence-corrected chi connectivity index (χ4v) is 3.25. The summed E-state index contributed by atoms with van der Waals surface area (Å²) >= 11 is 0. The zero-order chi connectivity index (χ0) is 17.4. The highest BCUT2D eigenvalue weighted by Crippen LogP contribution is 2.33. The smallest absolute Gasteiger partial charge is 0.308 e. The molecule has 0 spiro atoms. The summed E-state index contributed by atoms with van der Waals surface area (Å²) in [7, 11) is 0. The van der Waals surface area contributed by atoms with Crippen molar-refractivity contribution in [2.24, 2.45) is 5.92 Å². The van der Waals surface area contributed by atoms with Gasteiger partial charge in [0, 0.05) is 30.8 Å². The predicted molar refractivity (Wildman–Crippen MR) is 79.4 cm³/mol. The molecule has 2 aliphatic rings. The van der Waals surface area contributed by atoms with Gasteiger partial charge >= 0.3 is 5.97 Å². The Morgan fingerprint density at radius 3 is 2.42 bits per heavy atom. The van der Waals surface area contributed by atoms with Crippen LogP contribution in [-0.2, 0) is 14.4 Å². The van der Waals surface area contributed by atoms with Gasteiger partial charge in [0.25, 0.3) is 0 Å². The number of imide groups is 1. The van der Waals surface area contributed by atoms with Crippen LogP contribution in [-0.4, -0.2) is 36.0 Å². The summed E-state index contributed by atoms with van der Waals surface area (Å²) in [6, 6.07) is 2.23. The molecule has 24 heavy (non-hydrogen) atoms. The van der Waals surface area contributed by atoms with E-state index < -0.39 is 41.3 Å². The fraction of sp³-hybridized carbons (Fsp3) is 0.438. The summed E-state index contributed by atoms with van der Waals surface area (Å²) in [5.74, 6) is -5.42. The van der Waals surface area contributed by atoms with Crippen molar-refractivity contribution in [3.05, 3.63) is 29.3 Å². The number of amides is 2. The Labute approximate surface area is 136 Å². The molecule has 0 saturated carbocycles. The third-order valence-corrected chi connectivity index (χ3v) is 4.55. The number of nitrogens with one attached hydrogen (secondary N) is 1. The Hall–Kier alpha value is -2.51. The highest BCUT2D eigenvalue weighted by Gasteiger charge is 2.34. The number of hydrogen-bond donors (Lipinski definition) is 2. The van der Waals surface area contributed by atoms with E-state index in [1.54, 1.807) is 4.90 Å². The third kappa shape index (κ3) is 2.95. The number of carboxylic acid groups (broad SMARTS) is 1. The molecule has 1 aromatic carbocycles. The van der Waals surface area contributed by atoms with Crippen LogP contribution in [0.3, 0.4) is 0 Å². The molecule has 2 heterocycles. The predicted octanol–water partition coefficient (Wildman–Crippen LogP) is 1.40. The van der Waals surface area contributed by atoms with Crippen LogP contribution in [0.5, 0.6) is 0 Å². The van der Waals surface area contributed by atoms with Crippen LogP contribution in [0.2, 0.25) is 0 Å². The highest BCUT2D eigenvalue weighted by molar-refractivity contribution is 6.01. The minimum atomic E-state index is -1.04. The summed E-state index contributed by atoms with van der Waals surface area (Å²) in [6.45, 7) is 0.583. The lowest BCUT2D eigenvalue weighted by atomic mass is 9.89. The maximum Gasteiger partial charge on any atom is 0.308 e. The van der Waals surface area contributed by atoms with Crippen LogP contribution in [0.25, 0.3) is 0 Å². The first-order chi connectivity index (χ1) is 11.4. The molecule has 128 valence electrons. The first-order valence-electron chi connectivity index (χ1n) is 7.67. The van der Waals surface area contributed by atoms with Gasteiger partial charge in [-0.05, 0) is 25.0 Å². The molecule has 0 aliphatic carbocycles. The Balaban J connectivity index is 1.86. The van der Waals surface area contributed by atoms with Gasteiger partial charge in [-0.3, -0.25) is 19.7 Å². The number of benzene rings is 1. The second kappa shape index (κ2) is 6.18. The molecular formula is C16H16F2N2O4. The van der Waals surface area contributed by atoms with Crippen molar-refractivity contribution in [2.75, 3.05) is 18.0 Å². The fourth-order valence-electron chi connectivity index (χ4n) is 3.25. The minimum Gasteiger partial charge on any atom is -0.481 e. The molecule has 2 fully saturated rings. The monoisotopic (exact) mass is 338 g/mol. The van der Waals surface area contributed by atoms with Crippen LogP contribution in [0, 0.1) is 17.6 Å². The van der Waals surface area contributed by atoms with E-state index in [9.17, 15) is 23.2 Å². The van der Waals surface area contributed by atoms with Gasteiger partial charge < -0.3 is 10.0 Å². The average molecular weight is 338 g/mol. The van der Waals surface area contributed by atoms with E-state index in [2.05, 4.69) is 5.32 Å². The van der Waals surface area contributed by atoms with Crippen LogP contribution < -0.4 is 10.2 Å².